The number of hydrogen-bond donors (Lipinski definition) is 2. The van der Waals surface area contributed by atoms with Crippen molar-refractivity contribution in [2.24, 2.45) is 5.73 Å². The number of ether oxygens (including phenoxy) is 1. The monoisotopic (exact) mass is 336 g/mol. The maximum Gasteiger partial charge on any atom is 0.305 e. The molecule has 0 aromatic heterocycles. The summed E-state index contributed by atoms with van der Waals surface area (Å²) in [6, 6.07) is 7.71. The van der Waals surface area contributed by atoms with Gasteiger partial charge in [-0.2, -0.15) is 5.26 Å². The molecule has 1 aromatic rings. The van der Waals surface area contributed by atoms with Gasteiger partial charge in [-0.25, -0.2) is 0 Å². The number of carboxylic acids is 1. The summed E-state index contributed by atoms with van der Waals surface area (Å²) < 4.78 is 5.36. The molecule has 1 aliphatic heterocycles. The van der Waals surface area contributed by atoms with Crippen LogP contribution in [0.25, 0.3) is 0 Å². The molecule has 1 unspecified atom stereocenters. The molecule has 1 fully saturated rings. The normalized spacial score (nSPS) is 19.6. The zero-order chi connectivity index (χ0) is 17.1. The Bertz CT molecular complexity index is 635. The Morgan fingerprint density at radius 3 is 2.65 bits per heavy atom. The number of rotatable bonds is 5. The fourth-order valence-corrected chi connectivity index (χ4v) is 3.27. The lowest BCUT2D eigenvalue weighted by Gasteiger charge is -2.33. The van der Waals surface area contributed by atoms with E-state index < -0.39 is 16.9 Å². The summed E-state index contributed by atoms with van der Waals surface area (Å²) in [6.45, 7) is 2.89. The third-order valence-corrected chi connectivity index (χ3v) is 4.90. The molecule has 1 aliphatic rings. The number of hydrogen-bond acceptors (Lipinski definition) is 4. The molecule has 0 amide bonds. The van der Waals surface area contributed by atoms with Crippen LogP contribution in [0.5, 0.6) is 0 Å². The summed E-state index contributed by atoms with van der Waals surface area (Å²) >= 11 is 6.24. The lowest BCUT2D eigenvalue weighted by atomic mass is 9.73. The molecule has 124 valence electrons. The molecule has 1 saturated heterocycles. The van der Waals surface area contributed by atoms with Crippen molar-refractivity contribution in [3.8, 4) is 6.07 Å². The molecule has 0 spiro atoms. The summed E-state index contributed by atoms with van der Waals surface area (Å²) in [5.41, 5.74) is 6.11. The van der Waals surface area contributed by atoms with Crippen LogP contribution in [0.4, 0.5) is 0 Å². The average Bonchev–Trinajstić information content (AvgIpc) is 2.54. The van der Waals surface area contributed by atoms with E-state index in [1.54, 1.807) is 12.1 Å². The highest BCUT2D eigenvalue weighted by Crippen LogP contribution is 2.38. The molecule has 2 rings (SSSR count). The predicted octanol–water partition coefficient (Wildman–Crippen LogP) is 2.95. The fraction of sp³-hybridized carbons (Fsp3) is 0.529. The number of nitriles is 1. The standard InChI is InChI=1S/C17H21ClN2O3/c1-2-17(20,10-15(21)22)13-7-12(8-14(18)9-13)16(11-19)3-5-23-6-4-16/h7-9H,2-6,10,20H2,1H3,(H,21,22). The number of nitrogens with zero attached hydrogens (tertiary/aromatic N) is 1. The Hall–Kier alpha value is -1.61. The van der Waals surface area contributed by atoms with Gasteiger partial charge in [0, 0.05) is 18.2 Å². The van der Waals surface area contributed by atoms with E-state index in [0.717, 1.165) is 5.56 Å². The molecular weight excluding hydrogens is 316 g/mol. The topological polar surface area (TPSA) is 96.3 Å². The summed E-state index contributed by atoms with van der Waals surface area (Å²) in [7, 11) is 0. The van der Waals surface area contributed by atoms with E-state index in [9.17, 15) is 10.1 Å². The second-order valence-electron chi connectivity index (χ2n) is 6.12. The molecule has 3 N–H and O–H groups in total. The molecule has 0 saturated carbocycles. The second kappa shape index (κ2) is 6.88. The van der Waals surface area contributed by atoms with Crippen LogP contribution in [-0.2, 0) is 20.5 Å². The third-order valence-electron chi connectivity index (χ3n) is 4.68. The molecule has 0 bridgehead atoms. The molecule has 0 aliphatic carbocycles. The van der Waals surface area contributed by atoms with Crippen molar-refractivity contribution in [1.29, 1.82) is 5.26 Å². The van der Waals surface area contributed by atoms with Gasteiger partial charge >= 0.3 is 5.97 Å². The summed E-state index contributed by atoms with van der Waals surface area (Å²) in [6.07, 6.45) is 1.45. The lowest BCUT2D eigenvalue weighted by molar-refractivity contribution is -0.138. The minimum atomic E-state index is -1.01. The Labute approximate surface area is 141 Å². The van der Waals surface area contributed by atoms with Gasteiger partial charge in [0.2, 0.25) is 0 Å². The van der Waals surface area contributed by atoms with E-state index in [1.807, 2.05) is 13.0 Å². The van der Waals surface area contributed by atoms with Gasteiger partial charge in [-0.05, 0) is 42.5 Å². The lowest BCUT2D eigenvalue weighted by Crippen LogP contribution is -2.39. The highest BCUT2D eigenvalue weighted by molar-refractivity contribution is 6.30. The van der Waals surface area contributed by atoms with Gasteiger partial charge in [-0.1, -0.05) is 24.6 Å². The zero-order valence-electron chi connectivity index (χ0n) is 13.1. The first-order valence-electron chi connectivity index (χ1n) is 7.66. The minimum Gasteiger partial charge on any atom is -0.481 e. The summed E-state index contributed by atoms with van der Waals surface area (Å²) in [4.78, 5) is 11.2. The average molecular weight is 337 g/mol. The van der Waals surface area contributed by atoms with E-state index in [1.165, 1.54) is 0 Å². The molecule has 1 aromatic carbocycles. The van der Waals surface area contributed by atoms with Gasteiger partial charge in [-0.15, -0.1) is 0 Å². The highest BCUT2D eigenvalue weighted by atomic mass is 35.5. The second-order valence-corrected chi connectivity index (χ2v) is 6.55. The Morgan fingerprint density at radius 1 is 1.48 bits per heavy atom. The molecular formula is C17H21ClN2O3. The summed E-state index contributed by atoms with van der Waals surface area (Å²) in [5.74, 6) is -0.961. The van der Waals surface area contributed by atoms with Crippen molar-refractivity contribution in [2.45, 2.75) is 43.6 Å². The first kappa shape index (κ1) is 17.7. The Balaban J connectivity index is 2.50. The van der Waals surface area contributed by atoms with Crippen molar-refractivity contribution >= 4 is 17.6 Å². The van der Waals surface area contributed by atoms with Crippen LogP contribution in [0.2, 0.25) is 5.02 Å². The van der Waals surface area contributed by atoms with Crippen LogP contribution < -0.4 is 5.73 Å². The van der Waals surface area contributed by atoms with Crippen LogP contribution in [0.15, 0.2) is 18.2 Å². The fourth-order valence-electron chi connectivity index (χ4n) is 3.04. The molecule has 5 nitrogen and oxygen atoms in total. The first-order chi connectivity index (χ1) is 10.8. The third kappa shape index (κ3) is 3.66. The quantitative estimate of drug-likeness (QED) is 0.861. The molecule has 6 heteroatoms. The van der Waals surface area contributed by atoms with Crippen molar-refractivity contribution < 1.29 is 14.6 Å². The minimum absolute atomic E-state index is 0.189. The van der Waals surface area contributed by atoms with Crippen molar-refractivity contribution in [1.82, 2.24) is 0 Å². The SMILES string of the molecule is CCC(N)(CC(=O)O)c1cc(Cl)cc(C2(C#N)CCOCC2)c1. The number of aliphatic carboxylic acids is 1. The van der Waals surface area contributed by atoms with Gasteiger partial charge in [0.25, 0.3) is 0 Å². The maximum absolute atomic E-state index is 11.2. The number of carboxylic acid groups (broad SMARTS) is 1. The van der Waals surface area contributed by atoms with Crippen LogP contribution in [-0.4, -0.2) is 24.3 Å². The largest absolute Gasteiger partial charge is 0.481 e. The van der Waals surface area contributed by atoms with Crippen molar-refractivity contribution in [2.75, 3.05) is 13.2 Å². The smallest absolute Gasteiger partial charge is 0.305 e. The number of benzene rings is 1. The summed E-state index contributed by atoms with van der Waals surface area (Å²) in [5, 5.41) is 19.3. The van der Waals surface area contributed by atoms with Crippen LogP contribution in [0.3, 0.4) is 0 Å². The molecule has 1 atom stereocenters. The van der Waals surface area contributed by atoms with Gasteiger partial charge in [0.15, 0.2) is 0 Å². The Morgan fingerprint density at radius 2 is 2.13 bits per heavy atom. The number of nitrogens with two attached hydrogens (primary N) is 1. The first-order valence-corrected chi connectivity index (χ1v) is 8.04. The van der Waals surface area contributed by atoms with E-state index in [0.29, 0.717) is 43.1 Å². The van der Waals surface area contributed by atoms with Crippen LogP contribution in [0, 0.1) is 11.3 Å². The van der Waals surface area contributed by atoms with Crippen LogP contribution >= 0.6 is 11.6 Å². The Kier molecular flexibility index (Phi) is 5.30. The van der Waals surface area contributed by atoms with Crippen molar-refractivity contribution in [3.63, 3.8) is 0 Å². The van der Waals surface area contributed by atoms with E-state index in [4.69, 9.17) is 27.2 Å². The molecule has 0 radical (unpaired) electrons. The molecule has 23 heavy (non-hydrogen) atoms. The van der Waals surface area contributed by atoms with Crippen LogP contribution in [0.1, 0.15) is 43.7 Å². The maximum atomic E-state index is 11.2. The van der Waals surface area contributed by atoms with E-state index >= 15 is 0 Å². The van der Waals surface area contributed by atoms with Crippen molar-refractivity contribution in [3.05, 3.63) is 34.3 Å². The predicted molar refractivity (Wildman–Crippen MR) is 87.2 cm³/mol. The van der Waals surface area contributed by atoms with E-state index in [-0.39, 0.29) is 6.42 Å². The van der Waals surface area contributed by atoms with Gasteiger partial charge < -0.3 is 15.6 Å². The van der Waals surface area contributed by atoms with Gasteiger partial charge in [-0.3, -0.25) is 4.79 Å². The van der Waals surface area contributed by atoms with Gasteiger partial charge in [0.05, 0.1) is 23.4 Å². The molecule has 1 heterocycles. The van der Waals surface area contributed by atoms with E-state index in [2.05, 4.69) is 6.07 Å². The number of carbonyl (C=O) groups is 1. The van der Waals surface area contributed by atoms with Gasteiger partial charge in [0.1, 0.15) is 0 Å². The highest BCUT2D eigenvalue weighted by Gasteiger charge is 2.37. The number of halogens is 1. The zero-order valence-corrected chi connectivity index (χ0v) is 13.9.